The van der Waals surface area contributed by atoms with Crippen molar-refractivity contribution in [3.63, 3.8) is 0 Å². The van der Waals surface area contributed by atoms with Crippen molar-refractivity contribution in [3.8, 4) is 11.1 Å². The maximum atomic E-state index is 10.6. The van der Waals surface area contributed by atoms with E-state index in [1.54, 1.807) is 17.7 Å². The third-order valence-corrected chi connectivity index (χ3v) is 6.10. The molecule has 15 heteroatoms. The van der Waals surface area contributed by atoms with E-state index in [2.05, 4.69) is 63.4 Å². The van der Waals surface area contributed by atoms with Gasteiger partial charge in [0.05, 0.1) is 5.39 Å². The Morgan fingerprint density at radius 1 is 0.895 bits per heavy atom. The molecule has 1 aliphatic rings. The van der Waals surface area contributed by atoms with Crippen LogP contribution in [0.1, 0.15) is 12.0 Å². The lowest BCUT2D eigenvalue weighted by Crippen LogP contribution is -2.29. The number of halogens is 6. The standard InChI is InChI=1S/C19H22N4S.2C2HF3O2/c1-14-4-6-15(7-5-14)16-12-24-19-17(16)18(20-13-21-19)23-9-3-8-22(2)10-11-23;2*3-2(4,5)1(6)7/h4-7,12-13H,3,8-11H2,1-2H3;2*(H,6,7). The number of carboxylic acids is 2. The van der Waals surface area contributed by atoms with Gasteiger partial charge in [0.2, 0.25) is 0 Å². The number of thiophene rings is 1. The minimum Gasteiger partial charge on any atom is -0.475 e. The summed E-state index contributed by atoms with van der Waals surface area (Å²) >= 11 is 1.71. The van der Waals surface area contributed by atoms with E-state index < -0.39 is 24.3 Å². The van der Waals surface area contributed by atoms with Gasteiger partial charge in [-0.3, -0.25) is 0 Å². The monoisotopic (exact) mass is 566 g/mol. The van der Waals surface area contributed by atoms with Crippen LogP contribution < -0.4 is 4.90 Å². The molecule has 2 N–H and O–H groups in total. The number of carboxylic acid groups (broad SMARTS) is 2. The molecule has 0 saturated carbocycles. The first-order chi connectivity index (χ1) is 17.6. The molecule has 4 rings (SSSR count). The van der Waals surface area contributed by atoms with Gasteiger partial charge in [0.1, 0.15) is 17.0 Å². The quantitative estimate of drug-likeness (QED) is 0.414. The van der Waals surface area contributed by atoms with Crippen molar-refractivity contribution < 1.29 is 46.1 Å². The van der Waals surface area contributed by atoms with Gasteiger partial charge >= 0.3 is 24.3 Å². The van der Waals surface area contributed by atoms with E-state index in [0.29, 0.717) is 0 Å². The lowest BCUT2D eigenvalue weighted by atomic mass is 10.0. The molecule has 8 nitrogen and oxygen atoms in total. The van der Waals surface area contributed by atoms with Gasteiger partial charge in [0.25, 0.3) is 0 Å². The Morgan fingerprint density at radius 3 is 1.97 bits per heavy atom. The highest BCUT2D eigenvalue weighted by molar-refractivity contribution is 7.17. The molecule has 0 aliphatic carbocycles. The van der Waals surface area contributed by atoms with Gasteiger partial charge in [-0.15, -0.1) is 11.3 Å². The Morgan fingerprint density at radius 2 is 1.45 bits per heavy atom. The second-order valence-electron chi connectivity index (χ2n) is 8.14. The van der Waals surface area contributed by atoms with E-state index in [4.69, 9.17) is 19.8 Å². The molecule has 38 heavy (non-hydrogen) atoms. The fourth-order valence-electron chi connectivity index (χ4n) is 3.30. The molecule has 0 spiro atoms. The maximum Gasteiger partial charge on any atom is 0.490 e. The molecule has 0 radical (unpaired) electrons. The Hall–Kier alpha value is -3.46. The number of hydrogen-bond acceptors (Lipinski definition) is 7. The largest absolute Gasteiger partial charge is 0.490 e. The summed E-state index contributed by atoms with van der Waals surface area (Å²) < 4.78 is 63.5. The van der Waals surface area contributed by atoms with E-state index in [0.717, 1.165) is 36.8 Å². The number of benzene rings is 1. The number of aryl methyl sites for hydroxylation is 1. The first kappa shape index (κ1) is 30.8. The van der Waals surface area contributed by atoms with Crippen molar-refractivity contribution in [1.29, 1.82) is 0 Å². The summed E-state index contributed by atoms with van der Waals surface area (Å²) in [6, 6.07) is 8.74. The Labute approximate surface area is 217 Å². The maximum absolute atomic E-state index is 10.6. The molecule has 2 aromatic heterocycles. The number of aliphatic carboxylic acids is 2. The zero-order valence-corrected chi connectivity index (χ0v) is 21.0. The molecule has 0 bridgehead atoms. The van der Waals surface area contributed by atoms with Crippen molar-refractivity contribution >= 4 is 39.3 Å². The van der Waals surface area contributed by atoms with Crippen LogP contribution in [0.5, 0.6) is 0 Å². The minimum absolute atomic E-state index is 1.02. The Balaban J connectivity index is 0.000000301. The fraction of sp³-hybridized carbons (Fsp3) is 0.391. The zero-order valence-electron chi connectivity index (χ0n) is 20.2. The van der Waals surface area contributed by atoms with E-state index in [9.17, 15) is 26.3 Å². The summed E-state index contributed by atoms with van der Waals surface area (Å²) in [7, 11) is 2.20. The van der Waals surface area contributed by atoms with Gasteiger partial charge in [-0.05, 0) is 32.5 Å². The average Bonchev–Trinajstić information content (AvgIpc) is 3.14. The van der Waals surface area contributed by atoms with E-state index >= 15 is 0 Å². The summed E-state index contributed by atoms with van der Waals surface area (Å²) in [5.41, 5.74) is 3.78. The normalized spacial score (nSPS) is 14.6. The topological polar surface area (TPSA) is 107 Å². The van der Waals surface area contributed by atoms with Crippen molar-refractivity contribution in [1.82, 2.24) is 14.9 Å². The van der Waals surface area contributed by atoms with Gasteiger partial charge in [0.15, 0.2) is 0 Å². The molecule has 3 heterocycles. The van der Waals surface area contributed by atoms with Gasteiger partial charge < -0.3 is 20.0 Å². The molecule has 1 fully saturated rings. The SMILES string of the molecule is Cc1ccc(-c2csc3ncnc(N4CCCN(C)CC4)c23)cc1.O=C(O)C(F)(F)F.O=C(O)C(F)(F)F. The van der Waals surface area contributed by atoms with Crippen LogP contribution in [0.2, 0.25) is 0 Å². The first-order valence-electron chi connectivity index (χ1n) is 10.9. The number of aromatic nitrogens is 2. The van der Waals surface area contributed by atoms with Gasteiger partial charge in [-0.25, -0.2) is 19.6 Å². The van der Waals surface area contributed by atoms with Crippen LogP contribution in [-0.2, 0) is 9.59 Å². The highest BCUT2D eigenvalue weighted by atomic mass is 32.1. The Kier molecular flexibility index (Phi) is 10.4. The summed E-state index contributed by atoms with van der Waals surface area (Å²) in [6.45, 7) is 6.43. The minimum atomic E-state index is -5.08. The van der Waals surface area contributed by atoms with Gasteiger partial charge in [-0.2, -0.15) is 26.3 Å². The predicted molar refractivity (Wildman–Crippen MR) is 129 cm³/mol. The lowest BCUT2D eigenvalue weighted by molar-refractivity contribution is -0.193. The first-order valence-corrected chi connectivity index (χ1v) is 11.8. The van der Waals surface area contributed by atoms with Gasteiger partial charge in [-0.1, -0.05) is 29.8 Å². The number of hydrogen-bond donors (Lipinski definition) is 2. The molecular formula is C23H24F6N4O4S. The van der Waals surface area contributed by atoms with Crippen molar-refractivity contribution in [3.05, 3.63) is 41.5 Å². The van der Waals surface area contributed by atoms with Gasteiger partial charge in [0, 0.05) is 30.6 Å². The second-order valence-corrected chi connectivity index (χ2v) is 9.00. The van der Waals surface area contributed by atoms with Crippen LogP contribution in [0.3, 0.4) is 0 Å². The number of anilines is 1. The molecule has 1 aromatic carbocycles. The van der Waals surface area contributed by atoms with E-state index in [1.165, 1.54) is 28.5 Å². The highest BCUT2D eigenvalue weighted by Crippen LogP contribution is 2.38. The van der Waals surface area contributed by atoms with E-state index in [-0.39, 0.29) is 0 Å². The number of alkyl halides is 6. The van der Waals surface area contributed by atoms with E-state index in [1.807, 2.05) is 0 Å². The van der Waals surface area contributed by atoms with Crippen LogP contribution in [0.4, 0.5) is 32.2 Å². The summed E-state index contributed by atoms with van der Waals surface area (Å²) in [4.78, 5) is 32.9. The molecular weight excluding hydrogens is 542 g/mol. The number of fused-ring (bicyclic) bond motifs is 1. The molecule has 3 aromatic rings. The molecule has 1 aliphatic heterocycles. The summed E-state index contributed by atoms with van der Waals surface area (Å²) in [6.07, 6.45) is -7.28. The number of nitrogens with zero attached hydrogens (tertiary/aromatic N) is 4. The molecule has 0 amide bonds. The van der Waals surface area contributed by atoms with Crippen LogP contribution in [0.25, 0.3) is 21.3 Å². The summed E-state index contributed by atoms with van der Waals surface area (Å²) in [5, 5.41) is 17.7. The average molecular weight is 567 g/mol. The molecule has 208 valence electrons. The van der Waals surface area contributed by atoms with Crippen molar-refractivity contribution in [2.24, 2.45) is 0 Å². The van der Waals surface area contributed by atoms with Crippen LogP contribution >= 0.6 is 11.3 Å². The third kappa shape index (κ3) is 8.83. The van der Waals surface area contributed by atoms with Crippen LogP contribution in [-0.4, -0.2) is 82.6 Å². The number of carbonyl (C=O) groups is 2. The predicted octanol–water partition coefficient (Wildman–Crippen LogP) is 5.08. The van der Waals surface area contributed by atoms with Crippen LogP contribution in [0.15, 0.2) is 36.0 Å². The highest BCUT2D eigenvalue weighted by Gasteiger charge is 2.38. The van der Waals surface area contributed by atoms with Crippen LogP contribution in [0, 0.1) is 6.92 Å². The second kappa shape index (κ2) is 12.9. The smallest absolute Gasteiger partial charge is 0.475 e. The van der Waals surface area contributed by atoms with Crippen molar-refractivity contribution in [2.75, 3.05) is 38.1 Å². The summed E-state index contributed by atoms with van der Waals surface area (Å²) in [5.74, 6) is -4.42. The molecule has 0 atom stereocenters. The lowest BCUT2D eigenvalue weighted by Gasteiger charge is -2.22. The molecule has 0 unspecified atom stereocenters. The molecule has 1 saturated heterocycles. The Bertz CT molecular complexity index is 1210. The zero-order chi connectivity index (χ0) is 28.7. The third-order valence-electron chi connectivity index (χ3n) is 5.22. The fourth-order valence-corrected chi connectivity index (χ4v) is 4.21. The number of likely N-dealkylation sites (N-methyl/N-ethyl adjacent to an activating group) is 1. The number of rotatable bonds is 2. The van der Waals surface area contributed by atoms with Crippen molar-refractivity contribution in [2.45, 2.75) is 25.7 Å².